The Morgan fingerprint density at radius 1 is 1.26 bits per heavy atom. The number of nitrogens with zero attached hydrogens (tertiary/aromatic N) is 3. The van der Waals surface area contributed by atoms with Gasteiger partial charge in [-0.25, -0.2) is 13.4 Å². The third-order valence-corrected chi connectivity index (χ3v) is 9.30. The van der Waals surface area contributed by atoms with Crippen LogP contribution in [0.1, 0.15) is 63.1 Å². The Morgan fingerprint density at radius 2 is 2.00 bits per heavy atom. The number of halogens is 1. The lowest BCUT2D eigenvalue weighted by Crippen LogP contribution is -2.30. The maximum absolute atomic E-state index is 12.6. The molecule has 212 valence electrons. The number of nitrogens with one attached hydrogen (secondary N) is 4. The number of sulfone groups is 1. The van der Waals surface area contributed by atoms with Gasteiger partial charge in [0.15, 0.2) is 20.7 Å². The van der Waals surface area contributed by atoms with Crippen LogP contribution >= 0.6 is 11.6 Å². The summed E-state index contributed by atoms with van der Waals surface area (Å²) in [6.45, 7) is 6.25. The summed E-state index contributed by atoms with van der Waals surface area (Å²) in [6, 6.07) is 4.56. The maximum atomic E-state index is 12.6. The van der Waals surface area contributed by atoms with Gasteiger partial charge in [-0.1, -0.05) is 18.0 Å². The van der Waals surface area contributed by atoms with E-state index in [-0.39, 0.29) is 28.6 Å². The van der Waals surface area contributed by atoms with Crippen LogP contribution < -0.4 is 20.7 Å². The van der Waals surface area contributed by atoms with Crippen LogP contribution in [-0.4, -0.2) is 60.3 Å². The molecule has 1 atom stereocenters. The zero-order valence-electron chi connectivity index (χ0n) is 23.1. The molecule has 10 nitrogen and oxygen atoms in total. The summed E-state index contributed by atoms with van der Waals surface area (Å²) in [4.78, 5) is 11.2. The van der Waals surface area contributed by atoms with Crippen molar-refractivity contribution in [2.75, 3.05) is 31.3 Å². The first-order valence-corrected chi connectivity index (χ1v) is 15.2. The molecular weight excluding hydrogens is 538 g/mol. The van der Waals surface area contributed by atoms with Gasteiger partial charge in [-0.2, -0.15) is 4.98 Å². The van der Waals surface area contributed by atoms with E-state index in [0.29, 0.717) is 6.04 Å². The Morgan fingerprint density at radius 3 is 2.64 bits per heavy atom. The Hall–Kier alpha value is -2.89. The highest BCUT2D eigenvalue weighted by molar-refractivity contribution is 8.07. The van der Waals surface area contributed by atoms with Gasteiger partial charge >= 0.3 is 0 Å². The lowest BCUT2D eigenvalue weighted by atomic mass is 9.92. The fourth-order valence-electron chi connectivity index (χ4n) is 4.55. The van der Waals surface area contributed by atoms with Crippen LogP contribution in [0.3, 0.4) is 0 Å². The van der Waals surface area contributed by atoms with Crippen LogP contribution in [0.15, 0.2) is 30.2 Å². The molecule has 39 heavy (non-hydrogen) atoms. The third-order valence-electron chi connectivity index (χ3n) is 7.00. The van der Waals surface area contributed by atoms with Gasteiger partial charge in [0, 0.05) is 19.3 Å². The average Bonchev–Trinajstić information content (AvgIpc) is 3.71. The minimum Gasteiger partial charge on any atom is -0.488 e. The summed E-state index contributed by atoms with van der Waals surface area (Å²) in [5.41, 5.74) is 3.19. The van der Waals surface area contributed by atoms with Crippen molar-refractivity contribution >= 4 is 43.9 Å². The highest BCUT2D eigenvalue weighted by Crippen LogP contribution is 2.40. The number of benzene rings is 1. The van der Waals surface area contributed by atoms with Crippen molar-refractivity contribution in [1.82, 2.24) is 20.2 Å². The van der Waals surface area contributed by atoms with Crippen molar-refractivity contribution in [3.8, 4) is 5.75 Å². The summed E-state index contributed by atoms with van der Waals surface area (Å²) in [6.07, 6.45) is 8.63. The Balaban J connectivity index is 1.63. The fraction of sp³-hybridized carbons (Fsp3) is 0.519. The second kappa shape index (κ2) is 12.1. The molecule has 1 aromatic heterocycles. The molecule has 1 saturated carbocycles. The molecule has 0 spiro atoms. The van der Waals surface area contributed by atoms with Crippen molar-refractivity contribution in [2.24, 2.45) is 0 Å². The number of anilines is 3. The van der Waals surface area contributed by atoms with Crippen LogP contribution in [0.4, 0.5) is 17.5 Å². The molecule has 1 aliphatic carbocycles. The molecule has 2 aliphatic rings. The number of hydrogen-bond donors (Lipinski definition) is 4. The second-order valence-electron chi connectivity index (χ2n) is 10.4. The summed E-state index contributed by atoms with van der Waals surface area (Å²) in [7, 11) is -0.0415. The monoisotopic (exact) mass is 575 g/mol. The van der Waals surface area contributed by atoms with Crippen molar-refractivity contribution < 1.29 is 13.2 Å². The van der Waals surface area contributed by atoms with Crippen molar-refractivity contribution in [3.63, 3.8) is 0 Å². The van der Waals surface area contributed by atoms with Gasteiger partial charge < -0.3 is 20.7 Å². The molecule has 12 heteroatoms. The molecule has 1 saturated heterocycles. The molecule has 0 radical (unpaired) electrons. The van der Waals surface area contributed by atoms with E-state index in [1.54, 1.807) is 7.05 Å². The molecule has 2 fully saturated rings. The number of aromatic nitrogens is 2. The topological polar surface area (TPSA) is 132 Å². The van der Waals surface area contributed by atoms with Crippen LogP contribution in [0, 0.1) is 12.3 Å². The van der Waals surface area contributed by atoms with Crippen LogP contribution in [0.5, 0.6) is 5.75 Å². The maximum Gasteiger partial charge on any atom is 0.229 e. The van der Waals surface area contributed by atoms with Crippen LogP contribution in [0.2, 0.25) is 5.02 Å². The molecule has 1 aromatic carbocycles. The van der Waals surface area contributed by atoms with Gasteiger partial charge in [-0.15, -0.1) is 0 Å². The van der Waals surface area contributed by atoms with E-state index in [1.807, 2.05) is 0 Å². The summed E-state index contributed by atoms with van der Waals surface area (Å²) >= 11 is 6.37. The SMILES string of the molecule is CN/C=C(/Nc1nc(Nc2cc(C)c(C3CCCCN3C)cc2OC2CC2)ncc1Cl)C(=N)S(=O)(=O)C(C)C. The first-order chi connectivity index (χ1) is 18.5. The standard InChI is InChI=1S/C27H38ClN7O3S/c1-16(2)39(36,37)25(29)22(15-30-4)32-26-20(28)14-31-27(34-26)33-21-12-17(3)19(13-24(21)38-18-9-10-18)23-8-6-7-11-35(23)5/h12-16,18,23,29-30H,6-11H2,1-5H3,(H2,31,32,33,34)/b22-15+,29-25?. The average molecular weight is 576 g/mol. The highest BCUT2D eigenvalue weighted by atomic mass is 35.5. The zero-order valence-corrected chi connectivity index (χ0v) is 24.7. The minimum absolute atomic E-state index is 0.0207. The normalized spacial score (nSPS) is 18.6. The number of piperidine rings is 1. The largest absolute Gasteiger partial charge is 0.488 e. The first kappa shape index (κ1) is 29.1. The lowest BCUT2D eigenvalue weighted by molar-refractivity contribution is 0.186. The fourth-order valence-corrected chi connectivity index (χ4v) is 5.57. The van der Waals surface area contributed by atoms with Crippen molar-refractivity contribution in [1.29, 1.82) is 5.41 Å². The van der Waals surface area contributed by atoms with Crippen molar-refractivity contribution in [2.45, 2.75) is 70.3 Å². The van der Waals surface area contributed by atoms with Gasteiger partial charge in [0.1, 0.15) is 10.8 Å². The minimum atomic E-state index is -3.83. The van der Waals surface area contributed by atoms with E-state index in [2.05, 4.69) is 56.9 Å². The predicted octanol–water partition coefficient (Wildman–Crippen LogP) is 5.15. The van der Waals surface area contributed by atoms with E-state index >= 15 is 0 Å². The van der Waals surface area contributed by atoms with Gasteiger partial charge in [0.25, 0.3) is 0 Å². The van der Waals surface area contributed by atoms with Gasteiger partial charge in [0.05, 0.1) is 28.9 Å². The van der Waals surface area contributed by atoms with Gasteiger partial charge in [-0.05, 0) is 83.3 Å². The molecule has 2 aromatic rings. The Bertz CT molecular complexity index is 1360. The van der Waals surface area contributed by atoms with E-state index in [4.69, 9.17) is 21.7 Å². The highest BCUT2D eigenvalue weighted by Gasteiger charge is 2.29. The molecule has 2 heterocycles. The van der Waals surface area contributed by atoms with E-state index < -0.39 is 20.1 Å². The third kappa shape index (κ3) is 6.82. The van der Waals surface area contributed by atoms with Crippen LogP contribution in [-0.2, 0) is 9.84 Å². The van der Waals surface area contributed by atoms with Gasteiger partial charge in [0.2, 0.25) is 5.95 Å². The first-order valence-electron chi connectivity index (χ1n) is 13.3. The molecule has 1 unspecified atom stereocenters. The molecule has 4 N–H and O–H groups in total. The number of rotatable bonds is 10. The molecule has 0 bridgehead atoms. The van der Waals surface area contributed by atoms with E-state index in [1.165, 1.54) is 44.6 Å². The second-order valence-corrected chi connectivity index (χ2v) is 13.3. The number of hydrogen-bond acceptors (Lipinski definition) is 10. The van der Waals surface area contributed by atoms with E-state index in [0.717, 1.165) is 42.8 Å². The lowest BCUT2D eigenvalue weighted by Gasteiger charge is -2.34. The van der Waals surface area contributed by atoms with Crippen molar-refractivity contribution in [3.05, 3.63) is 46.4 Å². The van der Waals surface area contributed by atoms with Crippen LogP contribution in [0.25, 0.3) is 0 Å². The summed E-state index contributed by atoms with van der Waals surface area (Å²) in [5.74, 6) is 1.18. The quantitative estimate of drug-likeness (QED) is 0.224. The summed E-state index contributed by atoms with van der Waals surface area (Å²) < 4.78 is 31.6. The molecule has 4 rings (SSSR count). The molecular formula is C27H38ClN7O3S. The predicted molar refractivity (Wildman–Crippen MR) is 157 cm³/mol. The zero-order chi connectivity index (χ0) is 28.3. The van der Waals surface area contributed by atoms with Gasteiger partial charge in [-0.3, -0.25) is 10.3 Å². The summed E-state index contributed by atoms with van der Waals surface area (Å²) in [5, 5.41) is 16.1. The Kier molecular flexibility index (Phi) is 9.03. The number of likely N-dealkylation sites (tertiary alicyclic amines) is 1. The van der Waals surface area contributed by atoms with E-state index in [9.17, 15) is 8.42 Å². The number of aryl methyl sites for hydroxylation is 1. The molecule has 0 amide bonds. The smallest absolute Gasteiger partial charge is 0.229 e. The molecule has 1 aliphatic heterocycles. The Labute approximate surface area is 236 Å². The number of ether oxygens (including phenoxy) is 1.